The fourth-order valence-corrected chi connectivity index (χ4v) is 1.21. The van der Waals surface area contributed by atoms with Crippen LogP contribution in [0.3, 0.4) is 0 Å². The summed E-state index contributed by atoms with van der Waals surface area (Å²) in [7, 11) is 0. The Morgan fingerprint density at radius 1 is 1.40 bits per heavy atom. The van der Waals surface area contributed by atoms with E-state index in [4.69, 9.17) is 11.6 Å². The van der Waals surface area contributed by atoms with Gasteiger partial charge in [0.2, 0.25) is 0 Å². The summed E-state index contributed by atoms with van der Waals surface area (Å²) in [5.41, 5.74) is 0. The summed E-state index contributed by atoms with van der Waals surface area (Å²) in [6.45, 7) is 0. The van der Waals surface area contributed by atoms with E-state index in [2.05, 4.69) is 36.8 Å². The summed E-state index contributed by atoms with van der Waals surface area (Å²) in [4.78, 5) is 3.83. The summed E-state index contributed by atoms with van der Waals surface area (Å²) >= 11 is 12.1. The molecule has 0 saturated heterocycles. The maximum atomic E-state index is 5.63. The number of aromatic nitrogens is 1. The third-order valence-electron chi connectivity index (χ3n) is 0.800. The second-order valence-corrected chi connectivity index (χ2v) is 3.40. The highest BCUT2D eigenvalue weighted by molar-refractivity contribution is 9.13. The van der Waals surface area contributed by atoms with Crippen LogP contribution in [0.1, 0.15) is 0 Å². The zero-order chi connectivity index (χ0) is 6.85. The van der Waals surface area contributed by atoms with Crippen molar-refractivity contribution in [3.8, 4) is 0 Å². The molecule has 0 unspecified atom stereocenters. The molecule has 0 radical (unpaired) electrons. The third kappa shape index (κ3) is 2.49. The van der Waals surface area contributed by atoms with Gasteiger partial charge in [0.25, 0.3) is 0 Å². The number of hydrogen-bond donors (Lipinski definition) is 0. The summed E-state index contributed by atoms with van der Waals surface area (Å²) in [5.74, 6) is 0. The second kappa shape index (κ2) is 4.70. The molecule has 0 saturated carbocycles. The minimum absolute atomic E-state index is 0. The van der Waals surface area contributed by atoms with Gasteiger partial charge in [-0.3, -0.25) is 0 Å². The van der Waals surface area contributed by atoms with Crippen LogP contribution in [0, 0.1) is 0 Å². The number of halogens is 4. The topological polar surface area (TPSA) is 12.9 Å². The molecule has 1 rings (SSSR count). The minimum atomic E-state index is 0. The first-order valence-corrected chi connectivity index (χ1v) is 4.13. The van der Waals surface area contributed by atoms with Crippen molar-refractivity contribution >= 4 is 60.4 Å². The minimum Gasteiger partial charge on any atom is -0.243 e. The largest absolute Gasteiger partial charge is 0.243 e. The summed E-state index contributed by atoms with van der Waals surface area (Å²) in [5, 5.41) is 0.476. The molecule has 1 nitrogen and oxygen atoms in total. The zero-order valence-electron chi connectivity index (χ0n) is 4.64. The van der Waals surface area contributed by atoms with Crippen LogP contribution in [0.15, 0.2) is 21.2 Å². The summed E-state index contributed by atoms with van der Waals surface area (Å²) in [6, 6.07) is 1.82. The van der Waals surface area contributed by atoms with E-state index in [0.29, 0.717) is 5.15 Å². The van der Waals surface area contributed by atoms with Crippen LogP contribution in [0.4, 0.5) is 0 Å². The molecule has 0 atom stereocenters. The Labute approximate surface area is 91.2 Å². The standard InChI is InChI=1S/C5H2Br2ClN.BrH/c6-3-1-2-9-5(8)4(3)7;/h1-2H;1H. The smallest absolute Gasteiger partial charge is 0.144 e. The van der Waals surface area contributed by atoms with Gasteiger partial charge in [-0.15, -0.1) is 17.0 Å². The van der Waals surface area contributed by atoms with Crippen LogP contribution in [0.5, 0.6) is 0 Å². The molecule has 5 heteroatoms. The van der Waals surface area contributed by atoms with Gasteiger partial charge in [0.05, 0.1) is 4.47 Å². The Kier molecular flexibility index (Phi) is 5.11. The average Bonchev–Trinajstić information content (AvgIpc) is 1.83. The average molecular weight is 352 g/mol. The first-order valence-electron chi connectivity index (χ1n) is 2.17. The quantitative estimate of drug-likeness (QED) is 0.647. The lowest BCUT2D eigenvalue weighted by atomic mass is 10.5. The Hall–Kier alpha value is 0.880. The van der Waals surface area contributed by atoms with Crippen molar-refractivity contribution < 1.29 is 0 Å². The maximum absolute atomic E-state index is 5.63. The molecule has 0 amide bonds. The van der Waals surface area contributed by atoms with Crippen LogP contribution in [-0.2, 0) is 0 Å². The van der Waals surface area contributed by atoms with Crippen molar-refractivity contribution in [3.63, 3.8) is 0 Å². The van der Waals surface area contributed by atoms with Crippen LogP contribution >= 0.6 is 60.4 Å². The molecule has 0 aliphatic heterocycles. The monoisotopic (exact) mass is 349 g/mol. The van der Waals surface area contributed by atoms with E-state index in [-0.39, 0.29) is 17.0 Å². The second-order valence-electron chi connectivity index (χ2n) is 1.40. The first kappa shape index (κ1) is 10.9. The fourth-order valence-electron chi connectivity index (χ4n) is 0.397. The van der Waals surface area contributed by atoms with Gasteiger partial charge in [-0.05, 0) is 37.9 Å². The Morgan fingerprint density at radius 3 is 2.40 bits per heavy atom. The fraction of sp³-hybridized carbons (Fsp3) is 0. The molecule has 10 heavy (non-hydrogen) atoms. The van der Waals surface area contributed by atoms with Crippen molar-refractivity contribution in [1.29, 1.82) is 0 Å². The van der Waals surface area contributed by atoms with Gasteiger partial charge in [-0.2, -0.15) is 0 Å². The lowest BCUT2D eigenvalue weighted by molar-refractivity contribution is 1.29. The highest BCUT2D eigenvalue weighted by Crippen LogP contribution is 2.27. The molecule has 0 N–H and O–H groups in total. The Bertz CT molecular complexity index is 208. The van der Waals surface area contributed by atoms with Crippen molar-refractivity contribution in [2.75, 3.05) is 0 Å². The summed E-state index contributed by atoms with van der Waals surface area (Å²) < 4.78 is 1.72. The van der Waals surface area contributed by atoms with Crippen molar-refractivity contribution in [2.24, 2.45) is 0 Å². The van der Waals surface area contributed by atoms with Gasteiger partial charge in [0.15, 0.2) is 0 Å². The predicted molar refractivity (Wildman–Crippen MR) is 55.0 cm³/mol. The third-order valence-corrected chi connectivity index (χ3v) is 3.31. The number of rotatable bonds is 0. The van der Waals surface area contributed by atoms with E-state index >= 15 is 0 Å². The number of pyridine rings is 1. The highest BCUT2D eigenvalue weighted by atomic mass is 79.9. The van der Waals surface area contributed by atoms with Crippen LogP contribution < -0.4 is 0 Å². The van der Waals surface area contributed by atoms with E-state index in [9.17, 15) is 0 Å². The van der Waals surface area contributed by atoms with Gasteiger partial charge in [-0.25, -0.2) is 4.98 Å². The number of nitrogens with zero attached hydrogens (tertiary/aromatic N) is 1. The normalized spacial score (nSPS) is 8.70. The molecule has 1 aromatic rings. The molecular formula is C5H3Br3ClN. The lowest BCUT2D eigenvalue weighted by Crippen LogP contribution is -1.75. The molecule has 0 aliphatic carbocycles. The van der Waals surface area contributed by atoms with Gasteiger partial charge in [-0.1, -0.05) is 11.6 Å². The Balaban J connectivity index is 0.000000810. The molecule has 1 aromatic heterocycles. The molecule has 0 fully saturated rings. The molecule has 1 heterocycles. The van der Waals surface area contributed by atoms with Gasteiger partial charge >= 0.3 is 0 Å². The van der Waals surface area contributed by atoms with Gasteiger partial charge in [0, 0.05) is 10.7 Å². The molecule has 0 bridgehead atoms. The van der Waals surface area contributed by atoms with E-state index in [1.165, 1.54) is 0 Å². The lowest BCUT2D eigenvalue weighted by Gasteiger charge is -1.94. The maximum Gasteiger partial charge on any atom is 0.144 e. The summed E-state index contributed by atoms with van der Waals surface area (Å²) in [6.07, 6.45) is 1.64. The molecule has 0 aliphatic rings. The van der Waals surface area contributed by atoms with Crippen molar-refractivity contribution in [1.82, 2.24) is 4.98 Å². The zero-order valence-corrected chi connectivity index (χ0v) is 10.3. The molecular weight excluding hydrogens is 349 g/mol. The Morgan fingerprint density at radius 2 is 2.00 bits per heavy atom. The van der Waals surface area contributed by atoms with Gasteiger partial charge in [0.1, 0.15) is 5.15 Å². The first-order chi connectivity index (χ1) is 4.22. The van der Waals surface area contributed by atoms with Gasteiger partial charge < -0.3 is 0 Å². The molecule has 0 spiro atoms. The highest BCUT2D eigenvalue weighted by Gasteiger charge is 1.99. The SMILES string of the molecule is Br.Clc1nccc(Br)c1Br. The van der Waals surface area contributed by atoms with Crippen molar-refractivity contribution in [2.45, 2.75) is 0 Å². The molecule has 56 valence electrons. The van der Waals surface area contributed by atoms with E-state index < -0.39 is 0 Å². The van der Waals surface area contributed by atoms with Crippen LogP contribution in [0.2, 0.25) is 5.15 Å². The van der Waals surface area contributed by atoms with E-state index in [0.717, 1.165) is 8.95 Å². The van der Waals surface area contributed by atoms with E-state index in [1.54, 1.807) is 6.20 Å². The predicted octanol–water partition coefficient (Wildman–Crippen LogP) is 3.84. The molecule has 0 aromatic carbocycles. The van der Waals surface area contributed by atoms with Crippen LogP contribution in [-0.4, -0.2) is 4.98 Å². The van der Waals surface area contributed by atoms with Crippen molar-refractivity contribution in [3.05, 3.63) is 26.4 Å². The van der Waals surface area contributed by atoms with E-state index in [1.807, 2.05) is 6.07 Å². The number of hydrogen-bond acceptors (Lipinski definition) is 1. The van der Waals surface area contributed by atoms with Crippen LogP contribution in [0.25, 0.3) is 0 Å².